The first-order chi connectivity index (χ1) is 14.8. The number of nitrogens with one attached hydrogen (secondary N) is 1. The maximum Gasteiger partial charge on any atom is 0.255 e. The van der Waals surface area contributed by atoms with E-state index in [4.69, 9.17) is 9.47 Å². The highest BCUT2D eigenvalue weighted by molar-refractivity contribution is 7.98. The second kappa shape index (κ2) is 9.93. The minimum Gasteiger partial charge on any atom is -0.497 e. The normalized spacial score (nSPS) is 15.0. The smallest absolute Gasteiger partial charge is 0.255 e. The van der Waals surface area contributed by atoms with Gasteiger partial charge in [0.05, 0.1) is 24.7 Å². The number of thioether (sulfide) groups is 1. The van der Waals surface area contributed by atoms with Gasteiger partial charge in [-0.2, -0.15) is 0 Å². The van der Waals surface area contributed by atoms with Crippen molar-refractivity contribution in [3.63, 3.8) is 0 Å². The van der Waals surface area contributed by atoms with Gasteiger partial charge in [-0.05, 0) is 62.4 Å². The number of ether oxygens (including phenoxy) is 2. The molecule has 0 aromatic heterocycles. The predicted molar refractivity (Wildman–Crippen MR) is 122 cm³/mol. The van der Waals surface area contributed by atoms with E-state index >= 15 is 0 Å². The largest absolute Gasteiger partial charge is 0.497 e. The van der Waals surface area contributed by atoms with Gasteiger partial charge in [0.15, 0.2) is 0 Å². The molecule has 1 amide bonds. The van der Waals surface area contributed by atoms with Crippen molar-refractivity contribution in [1.82, 2.24) is 9.62 Å². The van der Waals surface area contributed by atoms with Crippen molar-refractivity contribution in [2.45, 2.75) is 35.6 Å². The molecule has 1 fully saturated rings. The molecule has 9 heteroatoms. The Morgan fingerprint density at radius 1 is 1.10 bits per heavy atom. The van der Waals surface area contributed by atoms with Crippen molar-refractivity contribution in [1.29, 1.82) is 0 Å². The van der Waals surface area contributed by atoms with Crippen molar-refractivity contribution in [2.75, 3.05) is 33.6 Å². The summed E-state index contributed by atoms with van der Waals surface area (Å²) in [5, 5.41) is 0. The lowest BCUT2D eigenvalue weighted by atomic mass is 10.1. The summed E-state index contributed by atoms with van der Waals surface area (Å²) >= 11 is 1.43. The fraction of sp³-hybridized carbons (Fsp3) is 0.409. The highest BCUT2D eigenvalue weighted by Gasteiger charge is 2.26. The Bertz CT molecular complexity index is 1050. The van der Waals surface area contributed by atoms with Gasteiger partial charge >= 0.3 is 0 Å². The van der Waals surface area contributed by atoms with Gasteiger partial charge in [-0.25, -0.2) is 13.1 Å². The molecule has 0 aliphatic carbocycles. The molecule has 3 rings (SSSR count). The fourth-order valence-electron chi connectivity index (χ4n) is 3.65. The number of hydrogen-bond donors (Lipinski definition) is 1. The number of amides is 1. The quantitative estimate of drug-likeness (QED) is 0.600. The van der Waals surface area contributed by atoms with E-state index in [1.807, 2.05) is 6.26 Å². The summed E-state index contributed by atoms with van der Waals surface area (Å²) in [6.45, 7) is 3.14. The van der Waals surface area contributed by atoms with E-state index in [0.717, 1.165) is 17.7 Å². The van der Waals surface area contributed by atoms with Gasteiger partial charge in [0.25, 0.3) is 5.91 Å². The molecule has 1 atom stereocenters. The number of nitrogens with zero attached hydrogens (tertiary/aromatic N) is 1. The molecule has 7 nitrogen and oxygen atoms in total. The van der Waals surface area contributed by atoms with Gasteiger partial charge in [-0.3, -0.25) is 4.79 Å². The van der Waals surface area contributed by atoms with E-state index in [9.17, 15) is 13.2 Å². The number of methoxy groups -OCH3 is 2. The van der Waals surface area contributed by atoms with Crippen LogP contribution in [-0.2, 0) is 10.0 Å². The van der Waals surface area contributed by atoms with Crippen molar-refractivity contribution in [3.8, 4) is 11.5 Å². The standard InChI is InChI=1S/C22H28N2O5S2/c1-15(18-13-16(28-2)7-9-20(18)29-3)23-31(26,27)17-8-10-21(30-4)19(14-17)22(25)24-11-5-6-12-24/h7-10,13-15,23H,5-6,11-12H2,1-4H3/t15-/m1/s1. The first-order valence-corrected chi connectivity index (χ1v) is 12.7. The lowest BCUT2D eigenvalue weighted by molar-refractivity contribution is 0.0789. The Balaban J connectivity index is 1.91. The molecule has 0 bridgehead atoms. The summed E-state index contributed by atoms with van der Waals surface area (Å²) in [5.74, 6) is 1.03. The third kappa shape index (κ3) is 5.16. The summed E-state index contributed by atoms with van der Waals surface area (Å²) in [4.78, 5) is 15.6. The first-order valence-electron chi connectivity index (χ1n) is 10.0. The van der Waals surface area contributed by atoms with E-state index in [0.29, 0.717) is 35.7 Å². The molecule has 1 saturated heterocycles. The molecule has 2 aromatic carbocycles. The number of likely N-dealkylation sites (tertiary alicyclic amines) is 1. The van der Waals surface area contributed by atoms with Gasteiger partial charge in [0.1, 0.15) is 11.5 Å². The van der Waals surface area contributed by atoms with E-state index in [1.165, 1.54) is 31.0 Å². The van der Waals surface area contributed by atoms with Crippen molar-refractivity contribution in [2.24, 2.45) is 0 Å². The van der Waals surface area contributed by atoms with Crippen LogP contribution in [0.2, 0.25) is 0 Å². The Labute approximate surface area is 188 Å². The Morgan fingerprint density at radius 3 is 2.42 bits per heavy atom. The van der Waals surface area contributed by atoms with Crippen LogP contribution in [0.25, 0.3) is 0 Å². The molecule has 0 saturated carbocycles. The van der Waals surface area contributed by atoms with Crippen molar-refractivity contribution in [3.05, 3.63) is 47.5 Å². The van der Waals surface area contributed by atoms with E-state index in [-0.39, 0.29) is 10.8 Å². The monoisotopic (exact) mass is 464 g/mol. The second-order valence-electron chi connectivity index (χ2n) is 7.31. The average Bonchev–Trinajstić information content (AvgIpc) is 3.32. The molecule has 168 valence electrons. The highest BCUT2D eigenvalue weighted by atomic mass is 32.2. The lowest BCUT2D eigenvalue weighted by Gasteiger charge is -2.20. The van der Waals surface area contributed by atoms with Crippen LogP contribution in [0.4, 0.5) is 0 Å². The highest BCUT2D eigenvalue weighted by Crippen LogP contribution is 2.31. The summed E-state index contributed by atoms with van der Waals surface area (Å²) in [6, 6.07) is 9.35. The molecule has 2 aromatic rings. The first kappa shape index (κ1) is 23.4. The van der Waals surface area contributed by atoms with Crippen LogP contribution >= 0.6 is 11.8 Å². The molecule has 0 spiro atoms. The number of rotatable bonds is 8. The average molecular weight is 465 g/mol. The van der Waals surface area contributed by atoms with Crippen LogP contribution in [0.5, 0.6) is 11.5 Å². The van der Waals surface area contributed by atoms with Crippen LogP contribution in [0.3, 0.4) is 0 Å². The summed E-state index contributed by atoms with van der Waals surface area (Å²) in [5.41, 5.74) is 1.07. The Kier molecular flexibility index (Phi) is 7.51. The predicted octanol–water partition coefficient (Wildman–Crippen LogP) is 3.70. The van der Waals surface area contributed by atoms with Gasteiger partial charge in [0.2, 0.25) is 10.0 Å². The van der Waals surface area contributed by atoms with Crippen LogP contribution in [0.1, 0.15) is 41.7 Å². The summed E-state index contributed by atoms with van der Waals surface area (Å²) in [6.07, 6.45) is 3.82. The Morgan fingerprint density at radius 2 is 1.81 bits per heavy atom. The molecule has 0 radical (unpaired) electrons. The molecule has 31 heavy (non-hydrogen) atoms. The van der Waals surface area contributed by atoms with Crippen molar-refractivity contribution < 1.29 is 22.7 Å². The van der Waals surface area contributed by atoms with Crippen molar-refractivity contribution >= 4 is 27.7 Å². The van der Waals surface area contributed by atoms with E-state index in [1.54, 1.807) is 43.2 Å². The number of hydrogen-bond acceptors (Lipinski definition) is 6. The minimum atomic E-state index is -3.88. The maximum absolute atomic E-state index is 13.2. The third-order valence-electron chi connectivity index (χ3n) is 5.34. The molecule has 1 N–H and O–H groups in total. The number of carbonyl (C=O) groups is 1. The molecular formula is C22H28N2O5S2. The molecular weight excluding hydrogens is 436 g/mol. The number of carbonyl (C=O) groups excluding carboxylic acids is 1. The molecule has 1 aliphatic heterocycles. The topological polar surface area (TPSA) is 84.9 Å². The van der Waals surface area contributed by atoms with Crippen LogP contribution in [-0.4, -0.2) is 52.8 Å². The Hall–Kier alpha value is -2.23. The van der Waals surface area contributed by atoms with Gasteiger partial charge < -0.3 is 14.4 Å². The van der Waals surface area contributed by atoms with Crippen LogP contribution < -0.4 is 14.2 Å². The third-order valence-corrected chi connectivity index (χ3v) is 7.67. The van der Waals surface area contributed by atoms with Crippen LogP contribution in [0.15, 0.2) is 46.2 Å². The van der Waals surface area contributed by atoms with E-state index < -0.39 is 16.1 Å². The molecule has 1 aliphatic rings. The van der Waals surface area contributed by atoms with E-state index in [2.05, 4.69) is 4.72 Å². The summed E-state index contributed by atoms with van der Waals surface area (Å²) in [7, 11) is -0.803. The zero-order valence-corrected chi connectivity index (χ0v) is 19.8. The lowest BCUT2D eigenvalue weighted by Crippen LogP contribution is -2.30. The van der Waals surface area contributed by atoms with Gasteiger partial charge in [-0.1, -0.05) is 0 Å². The maximum atomic E-state index is 13.2. The minimum absolute atomic E-state index is 0.0570. The van der Waals surface area contributed by atoms with Gasteiger partial charge in [-0.15, -0.1) is 11.8 Å². The second-order valence-corrected chi connectivity index (χ2v) is 9.87. The SMILES string of the molecule is COc1ccc(OC)c([C@@H](C)NS(=O)(=O)c2ccc(SC)c(C(=O)N3CCCC3)c2)c1. The fourth-order valence-corrected chi connectivity index (χ4v) is 5.47. The number of sulfonamides is 1. The van der Waals surface area contributed by atoms with Gasteiger partial charge in [0, 0.05) is 29.6 Å². The molecule has 0 unspecified atom stereocenters. The zero-order chi connectivity index (χ0) is 22.6. The number of benzene rings is 2. The van der Waals surface area contributed by atoms with Crippen LogP contribution in [0, 0.1) is 0 Å². The summed E-state index contributed by atoms with van der Waals surface area (Å²) < 4.78 is 39.6. The molecule has 1 heterocycles. The zero-order valence-electron chi connectivity index (χ0n) is 18.2.